The molecule has 3 aromatic rings. The van der Waals surface area contributed by atoms with Crippen LogP contribution in [-0.2, 0) is 19.4 Å². The Morgan fingerprint density at radius 3 is 2.75 bits per heavy atom. The number of imidazole rings is 1. The first kappa shape index (κ1) is 19.7. The maximum absolute atomic E-state index is 12.4. The molecule has 6 nitrogen and oxygen atoms in total. The molecular weight excluding hydrogens is 352 g/mol. The van der Waals surface area contributed by atoms with E-state index in [1.165, 1.54) is 0 Å². The molecule has 1 amide bonds. The average Bonchev–Trinajstić information content (AvgIpc) is 3.26. The number of H-pyrrole nitrogens is 1. The molecule has 0 radical (unpaired) electrons. The van der Waals surface area contributed by atoms with E-state index < -0.39 is 5.91 Å². The lowest BCUT2D eigenvalue weighted by Gasteiger charge is -2.13. The molecule has 0 atom stereocenters. The molecule has 4 N–H and O–H groups in total. The maximum Gasteiger partial charge on any atom is 0.251 e. The second kappa shape index (κ2) is 8.78. The van der Waals surface area contributed by atoms with Gasteiger partial charge < -0.3 is 20.4 Å². The third kappa shape index (κ3) is 4.11. The van der Waals surface area contributed by atoms with Crippen LogP contribution in [0.25, 0.3) is 11.1 Å². The number of unbranched alkanes of at least 4 members (excludes halogenated alkanes) is 2. The number of aromatic amines is 1. The Labute approximate surface area is 165 Å². The van der Waals surface area contributed by atoms with Crippen LogP contribution in [0.3, 0.4) is 0 Å². The minimum Gasteiger partial charge on any atom is -0.508 e. The Balaban J connectivity index is 2.11. The number of rotatable bonds is 9. The predicted octanol–water partition coefficient (Wildman–Crippen LogP) is 3.97. The van der Waals surface area contributed by atoms with Crippen molar-refractivity contribution in [1.29, 1.82) is 0 Å². The molecule has 0 aliphatic heterocycles. The number of aromatic hydroxyl groups is 1. The van der Waals surface area contributed by atoms with Gasteiger partial charge in [-0.25, -0.2) is 4.98 Å². The van der Waals surface area contributed by atoms with Crippen molar-refractivity contribution in [1.82, 2.24) is 14.5 Å². The number of aryl methyl sites for hydroxylation is 1. The SMILES string of the molecule is CCCCCc1c(-c2cccc(O)c2)c(C(N)=O)c(C)n1CCc1cnc[nH]1. The van der Waals surface area contributed by atoms with Crippen molar-refractivity contribution < 1.29 is 9.90 Å². The van der Waals surface area contributed by atoms with Gasteiger partial charge in [0, 0.05) is 41.8 Å². The Morgan fingerprint density at radius 1 is 1.29 bits per heavy atom. The van der Waals surface area contributed by atoms with Gasteiger partial charge in [-0.3, -0.25) is 4.79 Å². The van der Waals surface area contributed by atoms with Crippen LogP contribution in [0.15, 0.2) is 36.8 Å². The van der Waals surface area contributed by atoms with E-state index in [-0.39, 0.29) is 5.75 Å². The quantitative estimate of drug-likeness (QED) is 0.490. The molecule has 0 saturated carbocycles. The molecule has 0 bridgehead atoms. The zero-order valence-electron chi connectivity index (χ0n) is 16.5. The molecule has 28 heavy (non-hydrogen) atoms. The first-order valence-electron chi connectivity index (χ1n) is 9.81. The standard InChI is InChI=1S/C22H28N4O2/c1-3-4-5-9-19-21(16-7-6-8-18(27)12-16)20(22(23)28)15(2)26(19)11-10-17-13-24-14-25-17/h6-8,12-14,27H,3-5,9-11H2,1-2H3,(H2,23,28)(H,24,25). The number of amides is 1. The van der Waals surface area contributed by atoms with Crippen LogP contribution in [0.4, 0.5) is 0 Å². The van der Waals surface area contributed by atoms with Crippen molar-refractivity contribution in [3.05, 3.63) is 59.4 Å². The molecule has 6 heteroatoms. The second-order valence-corrected chi connectivity index (χ2v) is 7.13. The topological polar surface area (TPSA) is 96.9 Å². The van der Waals surface area contributed by atoms with Gasteiger partial charge in [0.05, 0.1) is 11.9 Å². The van der Waals surface area contributed by atoms with E-state index >= 15 is 0 Å². The number of nitrogens with two attached hydrogens (primary N) is 1. The molecule has 0 unspecified atom stereocenters. The van der Waals surface area contributed by atoms with Crippen LogP contribution in [0.1, 0.15) is 53.6 Å². The fraction of sp³-hybridized carbons (Fsp3) is 0.364. The summed E-state index contributed by atoms with van der Waals surface area (Å²) in [6, 6.07) is 7.04. The van der Waals surface area contributed by atoms with Gasteiger partial charge in [-0.05, 0) is 37.5 Å². The summed E-state index contributed by atoms with van der Waals surface area (Å²) in [5.41, 5.74) is 11.0. The monoisotopic (exact) mass is 380 g/mol. The summed E-state index contributed by atoms with van der Waals surface area (Å²) in [6.45, 7) is 4.85. The van der Waals surface area contributed by atoms with E-state index in [0.29, 0.717) is 5.56 Å². The molecule has 2 aromatic heterocycles. The van der Waals surface area contributed by atoms with E-state index in [2.05, 4.69) is 21.5 Å². The number of nitrogens with zero attached hydrogens (tertiary/aromatic N) is 2. The average molecular weight is 380 g/mol. The Bertz CT molecular complexity index is 942. The molecule has 2 heterocycles. The highest BCUT2D eigenvalue weighted by molar-refractivity contribution is 6.02. The van der Waals surface area contributed by atoms with E-state index in [0.717, 1.165) is 66.9 Å². The van der Waals surface area contributed by atoms with Crippen molar-refractivity contribution in [2.45, 2.75) is 52.5 Å². The van der Waals surface area contributed by atoms with Crippen molar-refractivity contribution >= 4 is 5.91 Å². The summed E-state index contributed by atoms with van der Waals surface area (Å²) in [7, 11) is 0. The van der Waals surface area contributed by atoms with Gasteiger partial charge >= 0.3 is 0 Å². The van der Waals surface area contributed by atoms with Gasteiger partial charge in [0.15, 0.2) is 0 Å². The maximum atomic E-state index is 12.4. The number of benzene rings is 1. The molecule has 3 rings (SSSR count). The van der Waals surface area contributed by atoms with Gasteiger partial charge in [0.25, 0.3) is 5.91 Å². The first-order valence-corrected chi connectivity index (χ1v) is 9.81. The highest BCUT2D eigenvalue weighted by Crippen LogP contribution is 2.35. The van der Waals surface area contributed by atoms with Gasteiger partial charge in [-0.2, -0.15) is 0 Å². The Morgan fingerprint density at radius 2 is 2.11 bits per heavy atom. The highest BCUT2D eigenvalue weighted by atomic mass is 16.3. The fourth-order valence-corrected chi connectivity index (χ4v) is 3.83. The van der Waals surface area contributed by atoms with Gasteiger partial charge in [0.1, 0.15) is 5.75 Å². The summed E-state index contributed by atoms with van der Waals surface area (Å²) < 4.78 is 2.20. The Kier molecular flexibility index (Phi) is 6.19. The molecule has 148 valence electrons. The van der Waals surface area contributed by atoms with Crippen molar-refractivity contribution in [3.63, 3.8) is 0 Å². The summed E-state index contributed by atoms with van der Waals surface area (Å²) in [4.78, 5) is 19.6. The molecule has 1 aromatic carbocycles. The van der Waals surface area contributed by atoms with Crippen molar-refractivity contribution in [3.8, 4) is 16.9 Å². The van der Waals surface area contributed by atoms with E-state index in [4.69, 9.17) is 5.73 Å². The zero-order valence-corrected chi connectivity index (χ0v) is 16.5. The van der Waals surface area contributed by atoms with E-state index in [1.54, 1.807) is 24.5 Å². The fourth-order valence-electron chi connectivity index (χ4n) is 3.83. The normalized spacial score (nSPS) is 11.1. The lowest BCUT2D eigenvalue weighted by atomic mass is 9.97. The van der Waals surface area contributed by atoms with Crippen LogP contribution in [0.2, 0.25) is 0 Å². The molecule has 0 spiro atoms. The van der Waals surface area contributed by atoms with Crippen LogP contribution in [-0.4, -0.2) is 25.5 Å². The van der Waals surface area contributed by atoms with Gasteiger partial charge in [-0.15, -0.1) is 0 Å². The number of carbonyl (C=O) groups excluding carboxylic acids is 1. The number of primary amides is 1. The minimum absolute atomic E-state index is 0.176. The number of carbonyl (C=O) groups is 1. The third-order valence-electron chi connectivity index (χ3n) is 5.19. The smallest absolute Gasteiger partial charge is 0.251 e. The van der Waals surface area contributed by atoms with Crippen LogP contribution >= 0.6 is 0 Å². The summed E-state index contributed by atoms with van der Waals surface area (Å²) in [5.74, 6) is -0.261. The molecular formula is C22H28N4O2. The summed E-state index contributed by atoms with van der Waals surface area (Å²) in [5, 5.41) is 9.98. The van der Waals surface area contributed by atoms with E-state index in [9.17, 15) is 9.90 Å². The largest absolute Gasteiger partial charge is 0.508 e. The number of phenols is 1. The number of aromatic nitrogens is 3. The lowest BCUT2D eigenvalue weighted by molar-refractivity contribution is 0.1000. The van der Waals surface area contributed by atoms with Crippen molar-refractivity contribution in [2.75, 3.05) is 0 Å². The predicted molar refractivity (Wildman–Crippen MR) is 110 cm³/mol. The summed E-state index contributed by atoms with van der Waals surface area (Å²) in [6.07, 6.45) is 8.42. The number of phenolic OH excluding ortho intramolecular Hbond substituents is 1. The van der Waals surface area contributed by atoms with Crippen molar-refractivity contribution in [2.24, 2.45) is 5.73 Å². The highest BCUT2D eigenvalue weighted by Gasteiger charge is 2.24. The van der Waals surface area contributed by atoms with Crippen LogP contribution in [0.5, 0.6) is 5.75 Å². The first-order chi connectivity index (χ1) is 13.5. The van der Waals surface area contributed by atoms with Gasteiger partial charge in [0.2, 0.25) is 0 Å². The molecule has 0 aliphatic carbocycles. The minimum atomic E-state index is -0.437. The number of hydrogen-bond donors (Lipinski definition) is 3. The third-order valence-corrected chi connectivity index (χ3v) is 5.19. The van der Waals surface area contributed by atoms with Gasteiger partial charge in [-0.1, -0.05) is 31.9 Å². The molecule has 0 aliphatic rings. The van der Waals surface area contributed by atoms with Crippen LogP contribution in [0, 0.1) is 6.92 Å². The number of nitrogens with one attached hydrogen (secondary N) is 1. The Hall–Kier alpha value is -3.02. The number of hydrogen-bond acceptors (Lipinski definition) is 3. The molecule has 0 saturated heterocycles. The lowest BCUT2D eigenvalue weighted by Crippen LogP contribution is -2.14. The molecule has 0 fully saturated rings. The van der Waals surface area contributed by atoms with E-state index in [1.807, 2.05) is 19.2 Å². The zero-order chi connectivity index (χ0) is 20.1. The van der Waals surface area contributed by atoms with Crippen LogP contribution < -0.4 is 5.73 Å². The second-order valence-electron chi connectivity index (χ2n) is 7.13. The summed E-state index contributed by atoms with van der Waals surface area (Å²) >= 11 is 0.